The first kappa shape index (κ1) is 27.6. The SMILES string of the molecule is CN[C@@H](C)C(=O)N[C@H](C(=O)N1C[C@@H](Oc2ccccc2)C[C@H]1C(=O)N[C@H]1CCCc2ccccc21)C(C)C. The van der Waals surface area contributed by atoms with E-state index >= 15 is 0 Å². The van der Waals surface area contributed by atoms with Gasteiger partial charge >= 0.3 is 0 Å². The van der Waals surface area contributed by atoms with Crippen molar-refractivity contribution in [1.29, 1.82) is 0 Å². The molecule has 1 aliphatic carbocycles. The largest absolute Gasteiger partial charge is 0.488 e. The quantitative estimate of drug-likeness (QED) is 0.472. The van der Waals surface area contributed by atoms with Crippen molar-refractivity contribution in [2.45, 2.75) is 76.7 Å². The van der Waals surface area contributed by atoms with Gasteiger partial charge < -0.3 is 25.6 Å². The number of likely N-dealkylation sites (N-methyl/N-ethyl adjacent to an activating group) is 1. The highest BCUT2D eigenvalue weighted by molar-refractivity contribution is 5.93. The molecular formula is C30H40N4O4. The summed E-state index contributed by atoms with van der Waals surface area (Å²) >= 11 is 0. The predicted octanol–water partition coefficient (Wildman–Crippen LogP) is 2.98. The van der Waals surface area contributed by atoms with E-state index in [1.165, 1.54) is 5.56 Å². The number of para-hydroxylation sites is 1. The van der Waals surface area contributed by atoms with Gasteiger partial charge in [0.25, 0.3) is 0 Å². The highest BCUT2D eigenvalue weighted by Gasteiger charge is 2.44. The smallest absolute Gasteiger partial charge is 0.246 e. The number of carbonyl (C=O) groups is 3. The third-order valence-corrected chi connectivity index (χ3v) is 7.64. The summed E-state index contributed by atoms with van der Waals surface area (Å²) in [7, 11) is 1.70. The van der Waals surface area contributed by atoms with Crippen LogP contribution in [0, 0.1) is 5.92 Å². The van der Waals surface area contributed by atoms with Crippen LogP contribution in [0.25, 0.3) is 0 Å². The molecule has 2 aromatic rings. The number of amides is 3. The maximum Gasteiger partial charge on any atom is 0.246 e. The molecule has 0 aromatic heterocycles. The zero-order valence-corrected chi connectivity index (χ0v) is 22.8. The summed E-state index contributed by atoms with van der Waals surface area (Å²) in [6.07, 6.45) is 2.91. The number of nitrogens with zero attached hydrogens (tertiary/aromatic N) is 1. The molecule has 0 radical (unpaired) electrons. The van der Waals surface area contributed by atoms with Gasteiger partial charge in [-0.15, -0.1) is 0 Å². The standard InChI is InChI=1S/C30H40N4O4/c1-19(2)27(33-28(35)20(3)31-4)30(37)34-18-23(38-22-13-6-5-7-14-22)17-26(34)29(36)32-25-16-10-12-21-11-8-9-15-24(21)25/h5-9,11,13-15,19-20,23,25-27,31H,10,12,16-18H2,1-4H3,(H,32,36)(H,33,35)/t20-,23-,25-,26-,27-/m0/s1. The molecule has 1 heterocycles. The van der Waals surface area contributed by atoms with Crippen LogP contribution in [-0.2, 0) is 20.8 Å². The van der Waals surface area contributed by atoms with Crippen LogP contribution in [0.4, 0.5) is 0 Å². The Morgan fingerprint density at radius 1 is 1.00 bits per heavy atom. The van der Waals surface area contributed by atoms with Gasteiger partial charge in [-0.1, -0.05) is 56.3 Å². The van der Waals surface area contributed by atoms with Gasteiger partial charge in [0.05, 0.1) is 18.6 Å². The zero-order valence-electron chi connectivity index (χ0n) is 22.8. The van der Waals surface area contributed by atoms with E-state index in [1.54, 1.807) is 18.9 Å². The second-order valence-electron chi connectivity index (χ2n) is 10.7. The zero-order chi connectivity index (χ0) is 27.2. The van der Waals surface area contributed by atoms with Gasteiger partial charge in [-0.2, -0.15) is 0 Å². The topological polar surface area (TPSA) is 99.8 Å². The molecule has 1 saturated heterocycles. The number of hydrogen-bond donors (Lipinski definition) is 3. The average Bonchev–Trinajstić information content (AvgIpc) is 3.35. The fourth-order valence-electron chi connectivity index (χ4n) is 5.34. The summed E-state index contributed by atoms with van der Waals surface area (Å²) in [5, 5.41) is 9.05. The van der Waals surface area contributed by atoms with Crippen molar-refractivity contribution in [3.8, 4) is 5.75 Å². The molecule has 0 spiro atoms. The molecule has 1 fully saturated rings. The number of ether oxygens (including phenoxy) is 1. The van der Waals surface area contributed by atoms with Crippen LogP contribution in [0.15, 0.2) is 54.6 Å². The molecule has 5 atom stereocenters. The Morgan fingerprint density at radius 3 is 2.42 bits per heavy atom. The van der Waals surface area contributed by atoms with Crippen molar-refractivity contribution in [3.05, 3.63) is 65.7 Å². The summed E-state index contributed by atoms with van der Waals surface area (Å²) in [6, 6.07) is 15.7. The van der Waals surface area contributed by atoms with Gasteiger partial charge in [-0.05, 0) is 62.4 Å². The van der Waals surface area contributed by atoms with Crippen LogP contribution in [0.2, 0.25) is 0 Å². The van der Waals surface area contributed by atoms with Gasteiger partial charge in [0.2, 0.25) is 17.7 Å². The molecule has 8 heteroatoms. The number of hydrogen-bond acceptors (Lipinski definition) is 5. The summed E-state index contributed by atoms with van der Waals surface area (Å²) in [5.41, 5.74) is 2.41. The van der Waals surface area contributed by atoms with Crippen molar-refractivity contribution in [2.24, 2.45) is 5.92 Å². The summed E-state index contributed by atoms with van der Waals surface area (Å²) in [5.74, 6) is -0.158. The van der Waals surface area contributed by atoms with Crippen molar-refractivity contribution < 1.29 is 19.1 Å². The van der Waals surface area contributed by atoms with Crippen LogP contribution in [-0.4, -0.2) is 60.4 Å². The van der Waals surface area contributed by atoms with E-state index < -0.39 is 18.1 Å². The molecule has 1 aliphatic heterocycles. The van der Waals surface area contributed by atoms with Crippen molar-refractivity contribution >= 4 is 17.7 Å². The number of aryl methyl sites for hydroxylation is 1. The van der Waals surface area contributed by atoms with E-state index in [2.05, 4.69) is 28.1 Å². The fourth-order valence-corrected chi connectivity index (χ4v) is 5.34. The van der Waals surface area contributed by atoms with E-state index in [1.807, 2.05) is 56.3 Å². The molecule has 38 heavy (non-hydrogen) atoms. The third-order valence-electron chi connectivity index (χ3n) is 7.64. The first-order valence-electron chi connectivity index (χ1n) is 13.7. The molecule has 204 valence electrons. The van der Waals surface area contributed by atoms with Crippen LogP contribution in [0.1, 0.15) is 57.2 Å². The molecule has 0 unspecified atom stereocenters. The normalized spacial score (nSPS) is 22.3. The highest BCUT2D eigenvalue weighted by atomic mass is 16.5. The van der Waals surface area contributed by atoms with E-state index in [4.69, 9.17) is 4.74 Å². The third kappa shape index (κ3) is 6.35. The Bertz CT molecular complexity index is 1120. The van der Waals surface area contributed by atoms with Crippen molar-refractivity contribution in [2.75, 3.05) is 13.6 Å². The molecule has 8 nitrogen and oxygen atoms in total. The Hall–Kier alpha value is -3.39. The minimum Gasteiger partial charge on any atom is -0.488 e. The van der Waals surface area contributed by atoms with Crippen LogP contribution < -0.4 is 20.7 Å². The van der Waals surface area contributed by atoms with Crippen molar-refractivity contribution in [1.82, 2.24) is 20.9 Å². The monoisotopic (exact) mass is 520 g/mol. The van der Waals surface area contributed by atoms with Crippen LogP contribution >= 0.6 is 0 Å². The molecule has 3 N–H and O–H groups in total. The van der Waals surface area contributed by atoms with Crippen molar-refractivity contribution in [3.63, 3.8) is 0 Å². The second-order valence-corrected chi connectivity index (χ2v) is 10.7. The van der Waals surface area contributed by atoms with Crippen LogP contribution in [0.3, 0.4) is 0 Å². The maximum atomic E-state index is 13.9. The number of fused-ring (bicyclic) bond motifs is 1. The Balaban J connectivity index is 1.55. The number of carbonyl (C=O) groups excluding carboxylic acids is 3. The van der Waals surface area contributed by atoms with Crippen LogP contribution in [0.5, 0.6) is 5.75 Å². The first-order valence-corrected chi connectivity index (χ1v) is 13.7. The van der Waals surface area contributed by atoms with E-state index in [0.717, 1.165) is 24.8 Å². The lowest BCUT2D eigenvalue weighted by molar-refractivity contribution is -0.143. The molecule has 2 aliphatic rings. The lowest BCUT2D eigenvalue weighted by atomic mass is 9.87. The van der Waals surface area contributed by atoms with Gasteiger partial charge in [0.15, 0.2) is 0 Å². The summed E-state index contributed by atoms with van der Waals surface area (Å²) < 4.78 is 6.19. The molecular weight excluding hydrogens is 480 g/mol. The average molecular weight is 521 g/mol. The summed E-state index contributed by atoms with van der Waals surface area (Å²) in [4.78, 5) is 41.9. The maximum absolute atomic E-state index is 13.9. The van der Waals surface area contributed by atoms with Gasteiger partial charge in [-0.3, -0.25) is 14.4 Å². The van der Waals surface area contributed by atoms with Gasteiger partial charge in [0, 0.05) is 6.42 Å². The first-order chi connectivity index (χ1) is 18.3. The number of likely N-dealkylation sites (tertiary alicyclic amines) is 1. The Kier molecular flexibility index (Phi) is 9.05. The second kappa shape index (κ2) is 12.4. The minimum absolute atomic E-state index is 0.0874. The molecule has 3 amide bonds. The van der Waals surface area contributed by atoms with E-state index in [9.17, 15) is 14.4 Å². The number of nitrogens with one attached hydrogen (secondary N) is 3. The fraction of sp³-hybridized carbons (Fsp3) is 0.500. The minimum atomic E-state index is -0.750. The Labute approximate surface area is 225 Å². The van der Waals surface area contributed by atoms with E-state index in [0.29, 0.717) is 12.2 Å². The molecule has 0 saturated carbocycles. The van der Waals surface area contributed by atoms with Gasteiger partial charge in [-0.25, -0.2) is 0 Å². The molecule has 2 aromatic carbocycles. The number of rotatable bonds is 9. The lowest BCUT2D eigenvalue weighted by Crippen LogP contribution is -2.57. The van der Waals surface area contributed by atoms with E-state index in [-0.39, 0.29) is 42.3 Å². The number of benzene rings is 2. The highest BCUT2D eigenvalue weighted by Crippen LogP contribution is 2.31. The van der Waals surface area contributed by atoms with Gasteiger partial charge in [0.1, 0.15) is 23.9 Å². The predicted molar refractivity (Wildman–Crippen MR) is 147 cm³/mol. The Morgan fingerprint density at radius 2 is 1.71 bits per heavy atom. The lowest BCUT2D eigenvalue weighted by Gasteiger charge is -2.32. The molecule has 4 rings (SSSR count). The summed E-state index contributed by atoms with van der Waals surface area (Å²) in [6.45, 7) is 5.81. The molecule has 0 bridgehead atoms.